The van der Waals surface area contributed by atoms with Gasteiger partial charge >= 0.3 is 4.87 Å². The van der Waals surface area contributed by atoms with Gasteiger partial charge < -0.3 is 0 Å². The van der Waals surface area contributed by atoms with E-state index in [0.29, 0.717) is 0 Å². The number of rotatable bonds is 0. The molecule has 4 heteroatoms. The normalized spacial score (nSPS) is 8.67. The van der Waals surface area contributed by atoms with E-state index in [-0.39, 0.29) is 4.87 Å². The van der Waals surface area contributed by atoms with Crippen molar-refractivity contribution in [2.75, 3.05) is 0 Å². The van der Waals surface area contributed by atoms with Crippen LogP contribution in [-0.4, -0.2) is 4.98 Å². The van der Waals surface area contributed by atoms with Gasteiger partial charge in [-0.25, -0.2) is 0 Å². The summed E-state index contributed by atoms with van der Waals surface area (Å²) in [5.41, 5.74) is 2.43. The topological polar surface area (TPSA) is 30.0 Å². The Morgan fingerprint density at radius 3 is 2.83 bits per heavy atom. The predicted molar refractivity (Wildman–Crippen MR) is 25.1 cm³/mol. The highest BCUT2D eigenvalue weighted by Crippen LogP contribution is 1.90. The lowest BCUT2D eigenvalue weighted by Gasteiger charge is -1.41. The minimum absolute atomic E-state index is 0.153. The summed E-state index contributed by atoms with van der Waals surface area (Å²) in [5, 5.41) is 0. The highest BCUT2D eigenvalue weighted by Gasteiger charge is 1.77. The molecule has 0 fully saturated rings. The molecule has 2 nitrogen and oxygen atoms in total. The van der Waals surface area contributed by atoms with E-state index in [4.69, 9.17) is 0 Å². The molecule has 0 unspecified atom stereocenters. The fourth-order valence-electron chi connectivity index (χ4n) is 0.129. The van der Waals surface area contributed by atoms with E-state index >= 15 is 0 Å². The molecule has 0 aliphatic heterocycles. The second-order valence-electron chi connectivity index (χ2n) is 0.636. The van der Waals surface area contributed by atoms with Crippen LogP contribution in [0.3, 0.4) is 0 Å². The number of nitrogens with zero attached hydrogens (tertiary/aromatic N) is 1. The Labute approximate surface area is 41.5 Å². The zero-order valence-electron chi connectivity index (χ0n) is 2.67. The molecule has 0 amide bonds. The molecule has 0 aliphatic rings. The highest BCUT2D eigenvalue weighted by molar-refractivity contribution is 7.67. The van der Waals surface area contributed by atoms with E-state index in [0.717, 1.165) is 10.3 Å². The van der Waals surface area contributed by atoms with Crippen molar-refractivity contribution in [3.8, 4) is 0 Å². The standard InChI is InChI=1S/C2NOS2/c4-2-3-1-5-6-2. The van der Waals surface area contributed by atoms with Gasteiger partial charge in [-0.15, -0.1) is 0 Å². The molecule has 1 heterocycles. The molecule has 31 valence electrons. The molecule has 0 bridgehead atoms. The zero-order chi connectivity index (χ0) is 4.41. The third-order valence-electron chi connectivity index (χ3n) is 0.287. The Morgan fingerprint density at radius 1 is 1.83 bits per heavy atom. The zero-order valence-corrected chi connectivity index (χ0v) is 4.30. The molecule has 0 atom stereocenters. The first-order valence-electron chi connectivity index (χ1n) is 1.23. The van der Waals surface area contributed by atoms with E-state index in [1.54, 1.807) is 0 Å². The maximum atomic E-state index is 9.96. The number of hydrogen-bond donors (Lipinski definition) is 0. The second-order valence-corrected chi connectivity index (χ2v) is 2.50. The van der Waals surface area contributed by atoms with Crippen LogP contribution in [0.25, 0.3) is 0 Å². The van der Waals surface area contributed by atoms with Crippen LogP contribution in [0.4, 0.5) is 0 Å². The average molecular weight is 118 g/mol. The summed E-state index contributed by atoms with van der Waals surface area (Å²) in [6, 6.07) is 0. The molecule has 1 radical (unpaired) electrons. The molecule has 0 spiro atoms. The molecule has 0 N–H and O–H groups in total. The Kier molecular flexibility index (Phi) is 0.979. The van der Waals surface area contributed by atoms with Crippen LogP contribution in [0, 0.1) is 5.51 Å². The molecule has 6 heavy (non-hydrogen) atoms. The van der Waals surface area contributed by atoms with Crippen molar-refractivity contribution in [2.24, 2.45) is 0 Å². The predicted octanol–water partition coefficient (Wildman–Crippen LogP) is 0.365. The maximum absolute atomic E-state index is 9.96. The SMILES string of the molecule is O=c1n[c]ss1. The number of hydrogen-bond acceptors (Lipinski definition) is 4. The van der Waals surface area contributed by atoms with Crippen molar-refractivity contribution in [3.05, 3.63) is 15.2 Å². The van der Waals surface area contributed by atoms with Crippen molar-refractivity contribution < 1.29 is 0 Å². The van der Waals surface area contributed by atoms with Crippen molar-refractivity contribution in [2.45, 2.75) is 0 Å². The third-order valence-corrected chi connectivity index (χ3v) is 1.67. The summed E-state index contributed by atoms with van der Waals surface area (Å²) < 4.78 is 0. The summed E-state index contributed by atoms with van der Waals surface area (Å²) in [5.74, 6) is 0. The average Bonchev–Trinajstić information content (AvgIpc) is 1.86. The Morgan fingerprint density at radius 2 is 2.67 bits per heavy atom. The molecular formula is C2NOS2. The molecule has 1 rings (SSSR count). The summed E-state index contributed by atoms with van der Waals surface area (Å²) in [7, 11) is 2.33. The summed E-state index contributed by atoms with van der Waals surface area (Å²) >= 11 is 0. The van der Waals surface area contributed by atoms with Crippen molar-refractivity contribution >= 4 is 20.7 Å². The van der Waals surface area contributed by atoms with Crippen molar-refractivity contribution in [1.82, 2.24) is 4.98 Å². The van der Waals surface area contributed by atoms with Crippen LogP contribution < -0.4 is 4.87 Å². The monoisotopic (exact) mass is 118 g/mol. The Bertz CT molecular complexity index is 149. The van der Waals surface area contributed by atoms with Gasteiger partial charge in [0.25, 0.3) is 0 Å². The van der Waals surface area contributed by atoms with Gasteiger partial charge in [-0.05, 0) is 10.3 Å². The van der Waals surface area contributed by atoms with Crippen LogP contribution >= 0.6 is 20.7 Å². The van der Waals surface area contributed by atoms with Crippen LogP contribution in [0.2, 0.25) is 0 Å². The second kappa shape index (κ2) is 1.49. The molecular weight excluding hydrogens is 118 g/mol. The Hall–Kier alpha value is -0.220. The molecule has 0 saturated heterocycles. The van der Waals surface area contributed by atoms with Crippen LogP contribution in [-0.2, 0) is 0 Å². The molecule has 0 saturated carbocycles. The quantitative estimate of drug-likeness (QED) is 0.460. The number of aromatic nitrogens is 1. The highest BCUT2D eigenvalue weighted by atomic mass is 32.9. The molecule has 1 aromatic heterocycles. The fourth-order valence-corrected chi connectivity index (χ4v) is 1.05. The lowest BCUT2D eigenvalue weighted by atomic mass is 11.4. The molecule has 1 aromatic rings. The van der Waals surface area contributed by atoms with Crippen LogP contribution in [0.15, 0.2) is 4.79 Å². The Balaban J connectivity index is 3.41. The maximum Gasteiger partial charge on any atom is 0.337 e. The van der Waals surface area contributed by atoms with Gasteiger partial charge in [0.2, 0.25) is 0 Å². The molecule has 0 aromatic carbocycles. The van der Waals surface area contributed by atoms with Crippen molar-refractivity contribution in [1.29, 1.82) is 0 Å². The summed E-state index contributed by atoms with van der Waals surface area (Å²) in [6.07, 6.45) is 0. The third kappa shape index (κ3) is 0.636. The first-order valence-corrected chi connectivity index (χ1v) is 3.38. The first kappa shape index (κ1) is 3.95. The minimum Gasteiger partial charge on any atom is -0.254 e. The smallest absolute Gasteiger partial charge is 0.254 e. The minimum atomic E-state index is -0.153. The first-order chi connectivity index (χ1) is 2.89. The van der Waals surface area contributed by atoms with Gasteiger partial charge in [0.1, 0.15) is 0 Å². The van der Waals surface area contributed by atoms with E-state index in [1.165, 1.54) is 10.3 Å². The molecule has 0 aliphatic carbocycles. The van der Waals surface area contributed by atoms with Gasteiger partial charge in [-0.3, -0.25) is 4.79 Å². The summed E-state index contributed by atoms with van der Waals surface area (Å²) in [6.45, 7) is 0. The lowest BCUT2D eigenvalue weighted by molar-refractivity contribution is 1.35. The van der Waals surface area contributed by atoms with Crippen molar-refractivity contribution in [3.63, 3.8) is 0 Å². The fraction of sp³-hybridized carbons (Fsp3) is 0. The van der Waals surface area contributed by atoms with Gasteiger partial charge in [0, 0.05) is 0 Å². The van der Waals surface area contributed by atoms with E-state index in [2.05, 4.69) is 10.5 Å². The van der Waals surface area contributed by atoms with E-state index in [9.17, 15) is 4.79 Å². The van der Waals surface area contributed by atoms with Gasteiger partial charge in [0.15, 0.2) is 5.51 Å². The van der Waals surface area contributed by atoms with Crippen LogP contribution in [0.1, 0.15) is 0 Å². The van der Waals surface area contributed by atoms with Gasteiger partial charge in [0.05, 0.1) is 0 Å². The van der Waals surface area contributed by atoms with Gasteiger partial charge in [-0.1, -0.05) is 10.3 Å². The van der Waals surface area contributed by atoms with E-state index < -0.39 is 0 Å². The van der Waals surface area contributed by atoms with E-state index in [1.807, 2.05) is 0 Å². The largest absolute Gasteiger partial charge is 0.337 e. The lowest BCUT2D eigenvalue weighted by Crippen LogP contribution is -1.88. The summed E-state index contributed by atoms with van der Waals surface area (Å²) in [4.78, 5) is 13.1. The van der Waals surface area contributed by atoms with Crippen LogP contribution in [0.5, 0.6) is 0 Å². The van der Waals surface area contributed by atoms with Gasteiger partial charge in [-0.2, -0.15) is 4.98 Å².